The van der Waals surface area contributed by atoms with E-state index in [4.69, 9.17) is 0 Å². The predicted octanol–water partition coefficient (Wildman–Crippen LogP) is 4.40. The second-order valence-electron chi connectivity index (χ2n) is 6.52. The topological polar surface area (TPSA) is 20.3 Å². The molecule has 1 atom stereocenters. The molecule has 1 amide bonds. The summed E-state index contributed by atoms with van der Waals surface area (Å²) in [7, 11) is 0. The van der Waals surface area contributed by atoms with Crippen LogP contribution in [0, 0.1) is 19.8 Å². The Hall–Kier alpha value is -1.31. The molecule has 1 saturated heterocycles. The van der Waals surface area contributed by atoms with Gasteiger partial charge in [-0.25, -0.2) is 0 Å². The third-order valence-corrected chi connectivity index (χ3v) is 4.42. The Labute approximate surface area is 123 Å². The zero-order valence-corrected chi connectivity index (χ0v) is 13.3. The van der Waals surface area contributed by atoms with Crippen LogP contribution in [-0.2, 0) is 4.79 Å². The van der Waals surface area contributed by atoms with Gasteiger partial charge in [0.15, 0.2) is 0 Å². The third-order valence-electron chi connectivity index (χ3n) is 4.42. The second kappa shape index (κ2) is 6.43. The quantitative estimate of drug-likeness (QED) is 0.796. The fourth-order valence-corrected chi connectivity index (χ4v) is 2.94. The second-order valence-corrected chi connectivity index (χ2v) is 6.52. The molecular formula is C18H27NO. The normalized spacial score (nSPS) is 18.9. The van der Waals surface area contributed by atoms with Gasteiger partial charge in [-0.1, -0.05) is 32.0 Å². The lowest BCUT2D eigenvalue weighted by Crippen LogP contribution is -2.30. The summed E-state index contributed by atoms with van der Waals surface area (Å²) in [5, 5.41) is 0. The van der Waals surface area contributed by atoms with E-state index in [0.29, 0.717) is 24.3 Å². The molecule has 0 N–H and O–H groups in total. The molecule has 1 heterocycles. The van der Waals surface area contributed by atoms with Gasteiger partial charge in [0, 0.05) is 13.0 Å². The lowest BCUT2D eigenvalue weighted by Gasteiger charge is -2.26. The van der Waals surface area contributed by atoms with E-state index >= 15 is 0 Å². The third kappa shape index (κ3) is 3.41. The molecular weight excluding hydrogens is 246 g/mol. The van der Waals surface area contributed by atoms with Crippen molar-refractivity contribution in [3.05, 3.63) is 34.9 Å². The minimum atomic E-state index is 0.300. The van der Waals surface area contributed by atoms with Gasteiger partial charge in [-0.2, -0.15) is 0 Å². The molecule has 0 aromatic heterocycles. The molecule has 1 unspecified atom stereocenters. The Bertz CT molecular complexity index is 478. The fourth-order valence-electron chi connectivity index (χ4n) is 2.94. The van der Waals surface area contributed by atoms with Crippen molar-refractivity contribution in [1.82, 2.24) is 4.90 Å². The van der Waals surface area contributed by atoms with Crippen LogP contribution in [0.2, 0.25) is 0 Å². The number of nitrogens with zero attached hydrogens (tertiary/aromatic N) is 1. The summed E-state index contributed by atoms with van der Waals surface area (Å²) in [6.45, 7) is 9.57. The number of likely N-dealkylation sites (tertiary alicyclic amines) is 1. The molecule has 1 aromatic rings. The number of hydrogen-bond acceptors (Lipinski definition) is 1. The van der Waals surface area contributed by atoms with Gasteiger partial charge in [0.25, 0.3) is 0 Å². The minimum Gasteiger partial charge on any atom is -0.336 e. The maximum atomic E-state index is 12.4. The molecule has 0 aliphatic carbocycles. The summed E-state index contributed by atoms with van der Waals surface area (Å²) in [4.78, 5) is 14.5. The molecule has 2 nitrogen and oxygen atoms in total. The van der Waals surface area contributed by atoms with E-state index in [0.717, 1.165) is 25.8 Å². The van der Waals surface area contributed by atoms with E-state index in [9.17, 15) is 4.79 Å². The first-order chi connectivity index (χ1) is 9.49. The Balaban J connectivity index is 2.10. The molecule has 1 fully saturated rings. The van der Waals surface area contributed by atoms with Crippen molar-refractivity contribution >= 4 is 5.91 Å². The predicted molar refractivity (Wildman–Crippen MR) is 83.7 cm³/mol. The molecule has 1 aliphatic heterocycles. The minimum absolute atomic E-state index is 0.300. The first-order valence-electron chi connectivity index (χ1n) is 7.85. The smallest absolute Gasteiger partial charge is 0.223 e. The Kier molecular flexibility index (Phi) is 4.85. The first kappa shape index (κ1) is 15.1. The summed E-state index contributed by atoms with van der Waals surface area (Å²) in [6, 6.07) is 6.93. The Morgan fingerprint density at radius 2 is 2.05 bits per heavy atom. The van der Waals surface area contributed by atoms with Crippen molar-refractivity contribution in [3.63, 3.8) is 0 Å². The molecule has 1 aromatic carbocycles. The van der Waals surface area contributed by atoms with E-state index in [-0.39, 0.29) is 0 Å². The number of rotatable bonds is 4. The van der Waals surface area contributed by atoms with E-state index in [1.54, 1.807) is 0 Å². The van der Waals surface area contributed by atoms with Crippen LogP contribution < -0.4 is 0 Å². The SMILES string of the molecule is Cc1ccc(C2CCCN2C(=O)CCC(C)C)cc1C. The Morgan fingerprint density at radius 3 is 2.70 bits per heavy atom. The maximum absolute atomic E-state index is 12.4. The summed E-state index contributed by atoms with van der Waals surface area (Å²) < 4.78 is 0. The molecule has 2 rings (SSSR count). The zero-order valence-electron chi connectivity index (χ0n) is 13.3. The lowest BCUT2D eigenvalue weighted by molar-refractivity contribution is -0.132. The molecule has 0 saturated carbocycles. The number of amides is 1. The van der Waals surface area contributed by atoms with Gasteiger partial charge in [-0.3, -0.25) is 4.79 Å². The molecule has 0 radical (unpaired) electrons. The number of hydrogen-bond donors (Lipinski definition) is 0. The largest absolute Gasteiger partial charge is 0.336 e. The van der Waals surface area contributed by atoms with Crippen LogP contribution in [0.5, 0.6) is 0 Å². The van der Waals surface area contributed by atoms with Crippen LogP contribution in [0.15, 0.2) is 18.2 Å². The van der Waals surface area contributed by atoms with Gasteiger partial charge in [0.05, 0.1) is 6.04 Å². The van der Waals surface area contributed by atoms with Crippen LogP contribution in [-0.4, -0.2) is 17.4 Å². The number of aryl methyl sites for hydroxylation is 2. The zero-order chi connectivity index (χ0) is 14.7. The van der Waals surface area contributed by atoms with Crippen molar-refractivity contribution in [1.29, 1.82) is 0 Å². The van der Waals surface area contributed by atoms with Crippen LogP contribution in [0.3, 0.4) is 0 Å². The van der Waals surface area contributed by atoms with E-state index < -0.39 is 0 Å². The highest BCUT2D eigenvalue weighted by Crippen LogP contribution is 2.33. The van der Waals surface area contributed by atoms with Gasteiger partial charge < -0.3 is 4.90 Å². The van der Waals surface area contributed by atoms with Gasteiger partial charge in [0.1, 0.15) is 0 Å². The molecule has 110 valence electrons. The lowest BCUT2D eigenvalue weighted by atomic mass is 9.99. The van der Waals surface area contributed by atoms with Gasteiger partial charge in [0.2, 0.25) is 5.91 Å². The molecule has 2 heteroatoms. The van der Waals surface area contributed by atoms with Crippen molar-refractivity contribution in [3.8, 4) is 0 Å². The number of carbonyl (C=O) groups excluding carboxylic acids is 1. The highest BCUT2D eigenvalue weighted by Gasteiger charge is 2.29. The van der Waals surface area contributed by atoms with Gasteiger partial charge >= 0.3 is 0 Å². The molecule has 1 aliphatic rings. The summed E-state index contributed by atoms with van der Waals surface area (Å²) in [6.07, 6.45) is 3.93. The average molecular weight is 273 g/mol. The van der Waals surface area contributed by atoms with Crippen molar-refractivity contribution in [2.75, 3.05) is 6.54 Å². The maximum Gasteiger partial charge on any atom is 0.223 e. The van der Waals surface area contributed by atoms with Crippen molar-refractivity contribution < 1.29 is 4.79 Å². The van der Waals surface area contributed by atoms with Crippen molar-refractivity contribution in [2.24, 2.45) is 5.92 Å². The average Bonchev–Trinajstić information content (AvgIpc) is 2.88. The summed E-state index contributed by atoms with van der Waals surface area (Å²) in [5.74, 6) is 0.932. The van der Waals surface area contributed by atoms with E-state index in [1.807, 2.05) is 0 Å². The number of benzene rings is 1. The standard InChI is InChI=1S/C18H27NO/c1-13(2)7-10-18(20)19-11-5-6-17(19)16-9-8-14(3)15(4)12-16/h8-9,12-13,17H,5-7,10-11H2,1-4H3. The molecule has 20 heavy (non-hydrogen) atoms. The molecule has 0 spiro atoms. The highest BCUT2D eigenvalue weighted by atomic mass is 16.2. The van der Waals surface area contributed by atoms with E-state index in [2.05, 4.69) is 50.8 Å². The van der Waals surface area contributed by atoms with Gasteiger partial charge in [-0.15, -0.1) is 0 Å². The number of carbonyl (C=O) groups is 1. The van der Waals surface area contributed by atoms with Crippen molar-refractivity contribution in [2.45, 2.75) is 59.4 Å². The Morgan fingerprint density at radius 1 is 1.30 bits per heavy atom. The van der Waals surface area contributed by atoms with Crippen LogP contribution in [0.4, 0.5) is 0 Å². The summed E-state index contributed by atoms with van der Waals surface area (Å²) in [5.41, 5.74) is 3.96. The van der Waals surface area contributed by atoms with Crippen LogP contribution in [0.25, 0.3) is 0 Å². The van der Waals surface area contributed by atoms with Gasteiger partial charge in [-0.05, 0) is 55.7 Å². The van der Waals surface area contributed by atoms with Crippen LogP contribution >= 0.6 is 0 Å². The fraction of sp³-hybridized carbons (Fsp3) is 0.611. The molecule has 0 bridgehead atoms. The van der Waals surface area contributed by atoms with E-state index in [1.165, 1.54) is 16.7 Å². The summed E-state index contributed by atoms with van der Waals surface area (Å²) >= 11 is 0. The monoisotopic (exact) mass is 273 g/mol. The highest BCUT2D eigenvalue weighted by molar-refractivity contribution is 5.77. The first-order valence-corrected chi connectivity index (χ1v) is 7.85. The van der Waals surface area contributed by atoms with Crippen LogP contribution in [0.1, 0.15) is 62.3 Å².